The molecule has 48 heavy (non-hydrogen) atoms. The monoisotopic (exact) mass is 662 g/mol. The number of nitrogens with zero attached hydrogens (tertiary/aromatic N) is 1. The Balaban J connectivity index is 1.22. The van der Waals surface area contributed by atoms with Gasteiger partial charge < -0.3 is 14.6 Å². The second-order valence-corrected chi connectivity index (χ2v) is 14.2. The van der Waals surface area contributed by atoms with E-state index in [9.17, 15) is 13.5 Å². The van der Waals surface area contributed by atoms with Crippen LogP contribution >= 0.6 is 0 Å². The molecule has 1 heterocycles. The van der Waals surface area contributed by atoms with E-state index in [1.54, 1.807) is 30.3 Å². The van der Waals surface area contributed by atoms with Crippen LogP contribution in [0.15, 0.2) is 138 Å². The van der Waals surface area contributed by atoms with Gasteiger partial charge in [0.15, 0.2) is 6.29 Å². The van der Waals surface area contributed by atoms with Crippen molar-refractivity contribution in [3.05, 3.63) is 161 Å². The fourth-order valence-electron chi connectivity index (χ4n) is 6.23. The lowest BCUT2D eigenvalue weighted by Crippen LogP contribution is -2.43. The third-order valence-corrected chi connectivity index (χ3v) is 10.3. The van der Waals surface area contributed by atoms with Gasteiger partial charge in [0, 0.05) is 31.1 Å². The molecule has 2 N–H and O–H groups in total. The third-order valence-electron chi connectivity index (χ3n) is 8.93. The van der Waals surface area contributed by atoms with Gasteiger partial charge in [-0.1, -0.05) is 128 Å². The van der Waals surface area contributed by atoms with Crippen molar-refractivity contribution in [2.45, 2.75) is 50.0 Å². The molecule has 1 fully saturated rings. The molecule has 0 unspecified atom stereocenters. The summed E-state index contributed by atoms with van der Waals surface area (Å²) in [7, 11) is -1.53. The Hall–Kier alpha value is -4.15. The van der Waals surface area contributed by atoms with Crippen molar-refractivity contribution in [2.24, 2.45) is 5.92 Å². The van der Waals surface area contributed by atoms with Crippen molar-refractivity contribution >= 4 is 10.0 Å². The second-order valence-electron chi connectivity index (χ2n) is 12.4. The first kappa shape index (κ1) is 33.7. The summed E-state index contributed by atoms with van der Waals surface area (Å²) in [5.41, 5.74) is 6.84. The summed E-state index contributed by atoms with van der Waals surface area (Å²) in [5.74, 6) is 0.0743. The summed E-state index contributed by atoms with van der Waals surface area (Å²) in [6, 6.07) is 42.7. The normalized spacial score (nSPS) is 19.8. The van der Waals surface area contributed by atoms with E-state index < -0.39 is 16.3 Å². The zero-order valence-electron chi connectivity index (χ0n) is 27.3. The molecule has 4 atom stereocenters. The first-order valence-corrected chi connectivity index (χ1v) is 17.7. The smallest absolute Gasteiger partial charge is 0.240 e. The summed E-state index contributed by atoms with van der Waals surface area (Å²) < 4.78 is 41.9. The Kier molecular flexibility index (Phi) is 10.8. The van der Waals surface area contributed by atoms with Crippen molar-refractivity contribution in [1.82, 2.24) is 9.62 Å². The summed E-state index contributed by atoms with van der Waals surface area (Å²) in [6.45, 7) is 3.87. The molecule has 1 aliphatic heterocycles. The Morgan fingerprint density at radius 2 is 1.35 bits per heavy atom. The Morgan fingerprint density at radius 1 is 0.729 bits per heavy atom. The van der Waals surface area contributed by atoms with Crippen molar-refractivity contribution in [3.63, 3.8) is 0 Å². The summed E-state index contributed by atoms with van der Waals surface area (Å²) in [6.07, 6.45) is -0.886. The maximum Gasteiger partial charge on any atom is 0.240 e. The van der Waals surface area contributed by atoms with E-state index >= 15 is 0 Å². The van der Waals surface area contributed by atoms with Crippen LogP contribution in [0.2, 0.25) is 0 Å². The molecule has 1 aliphatic rings. The van der Waals surface area contributed by atoms with Gasteiger partial charge in [-0.2, -0.15) is 0 Å². The van der Waals surface area contributed by atoms with Gasteiger partial charge in [-0.3, -0.25) is 4.90 Å². The average Bonchev–Trinajstić information content (AvgIpc) is 3.13. The number of likely N-dealkylation sites (N-methyl/N-ethyl adjacent to an activating group) is 1. The SMILES string of the molecule is C[C@@H]1[C@H](CN(C)Cc2ccccc2)O[C@H](c2ccc(-c3ccccc3CNS(=O)(=O)c3ccccc3)cc2)O[C@@H]1c1ccc(CO)cc1. The molecule has 0 saturated carbocycles. The molecule has 6 rings (SSSR count). The highest BCUT2D eigenvalue weighted by Crippen LogP contribution is 2.42. The van der Waals surface area contributed by atoms with Gasteiger partial charge in [-0.05, 0) is 52.6 Å². The predicted octanol–water partition coefficient (Wildman–Crippen LogP) is 7.25. The van der Waals surface area contributed by atoms with Crippen LogP contribution < -0.4 is 4.72 Å². The summed E-state index contributed by atoms with van der Waals surface area (Å²) in [4.78, 5) is 2.53. The molecule has 0 amide bonds. The molecular weight excluding hydrogens is 621 g/mol. The zero-order chi connectivity index (χ0) is 33.5. The minimum absolute atomic E-state index is 0.00558. The van der Waals surface area contributed by atoms with Crippen LogP contribution in [-0.4, -0.2) is 38.1 Å². The van der Waals surface area contributed by atoms with Gasteiger partial charge in [-0.25, -0.2) is 13.1 Å². The van der Waals surface area contributed by atoms with Gasteiger partial charge in [0.1, 0.15) is 0 Å². The summed E-state index contributed by atoms with van der Waals surface area (Å²) >= 11 is 0. The van der Waals surface area contributed by atoms with E-state index in [2.05, 4.69) is 47.9 Å². The lowest BCUT2D eigenvalue weighted by molar-refractivity contribution is -0.276. The van der Waals surface area contributed by atoms with Crippen molar-refractivity contribution < 1.29 is 23.0 Å². The maximum absolute atomic E-state index is 12.9. The number of aliphatic hydroxyl groups excluding tert-OH is 1. The Morgan fingerprint density at radius 3 is 2.04 bits per heavy atom. The highest BCUT2D eigenvalue weighted by Gasteiger charge is 2.38. The molecule has 0 bridgehead atoms. The Bertz CT molecular complexity index is 1870. The molecule has 1 saturated heterocycles. The standard InChI is InChI=1S/C40H42N2O5S/c1-29-38(27-42(2)26-30-11-5-3-6-12-30)46-40(47-39(29)33-19-17-31(28-43)18-20-33)34-23-21-32(22-24-34)37-16-10-9-13-35(37)25-41-48(44,45)36-14-7-4-8-15-36/h3-24,29,38-41,43H,25-28H2,1-2H3/t29-,38+,39+,40+/m1/s1. The van der Waals surface area contributed by atoms with Gasteiger partial charge in [0.05, 0.1) is 23.7 Å². The number of hydrogen-bond donors (Lipinski definition) is 2. The molecule has 7 nitrogen and oxygen atoms in total. The summed E-state index contributed by atoms with van der Waals surface area (Å²) in [5, 5.41) is 9.59. The van der Waals surface area contributed by atoms with Crippen molar-refractivity contribution in [1.29, 1.82) is 0 Å². The fraction of sp³-hybridized carbons (Fsp3) is 0.250. The van der Waals surface area contributed by atoms with Crippen molar-refractivity contribution in [3.8, 4) is 11.1 Å². The molecule has 0 radical (unpaired) electrons. The van der Waals surface area contributed by atoms with Gasteiger partial charge in [-0.15, -0.1) is 0 Å². The van der Waals surface area contributed by atoms with Gasteiger partial charge in [0.2, 0.25) is 10.0 Å². The molecule has 248 valence electrons. The quantitative estimate of drug-likeness (QED) is 0.146. The molecule has 5 aromatic carbocycles. The minimum atomic E-state index is -3.65. The van der Waals surface area contributed by atoms with E-state index in [0.717, 1.165) is 46.5 Å². The zero-order valence-corrected chi connectivity index (χ0v) is 28.1. The van der Waals surface area contributed by atoms with Crippen LogP contribution in [0, 0.1) is 5.92 Å². The van der Waals surface area contributed by atoms with E-state index in [4.69, 9.17) is 9.47 Å². The lowest BCUT2D eigenvalue weighted by Gasteiger charge is -2.42. The van der Waals surface area contributed by atoms with Crippen LogP contribution in [0.1, 0.15) is 47.1 Å². The minimum Gasteiger partial charge on any atom is -0.392 e. The number of nitrogens with one attached hydrogen (secondary N) is 1. The predicted molar refractivity (Wildman–Crippen MR) is 188 cm³/mol. The van der Waals surface area contributed by atoms with Crippen LogP contribution in [-0.2, 0) is 39.2 Å². The number of sulfonamides is 1. The second kappa shape index (κ2) is 15.4. The molecular formula is C40H42N2O5S. The number of hydrogen-bond acceptors (Lipinski definition) is 6. The largest absolute Gasteiger partial charge is 0.392 e. The highest BCUT2D eigenvalue weighted by atomic mass is 32.2. The highest BCUT2D eigenvalue weighted by molar-refractivity contribution is 7.89. The number of ether oxygens (including phenoxy) is 2. The van der Waals surface area contributed by atoms with Crippen LogP contribution in [0.5, 0.6) is 0 Å². The Labute approximate surface area is 283 Å². The number of rotatable bonds is 12. The molecule has 0 aromatic heterocycles. The van der Waals surface area contributed by atoms with E-state index in [-0.39, 0.29) is 36.2 Å². The van der Waals surface area contributed by atoms with Crippen molar-refractivity contribution in [2.75, 3.05) is 13.6 Å². The van der Waals surface area contributed by atoms with E-state index in [1.807, 2.05) is 78.9 Å². The number of aliphatic hydroxyl groups is 1. The van der Waals surface area contributed by atoms with Crippen LogP contribution in [0.4, 0.5) is 0 Å². The van der Waals surface area contributed by atoms with E-state index in [1.165, 1.54) is 5.56 Å². The van der Waals surface area contributed by atoms with Gasteiger partial charge in [0.25, 0.3) is 0 Å². The van der Waals surface area contributed by atoms with E-state index in [0.29, 0.717) is 0 Å². The molecule has 5 aromatic rings. The number of benzene rings is 5. The third kappa shape index (κ3) is 8.10. The molecule has 0 aliphatic carbocycles. The fourth-order valence-corrected chi connectivity index (χ4v) is 7.25. The van der Waals surface area contributed by atoms with Crippen LogP contribution in [0.25, 0.3) is 11.1 Å². The first-order chi connectivity index (χ1) is 23.3. The molecule has 0 spiro atoms. The molecule has 8 heteroatoms. The first-order valence-electron chi connectivity index (χ1n) is 16.3. The average molecular weight is 663 g/mol. The lowest BCUT2D eigenvalue weighted by atomic mass is 9.90. The topological polar surface area (TPSA) is 88.1 Å². The van der Waals surface area contributed by atoms with Gasteiger partial charge >= 0.3 is 0 Å². The van der Waals surface area contributed by atoms with Crippen LogP contribution in [0.3, 0.4) is 0 Å². The maximum atomic E-state index is 12.9.